The highest BCUT2D eigenvalue weighted by Gasteiger charge is 2.43. The molecule has 0 amide bonds. The Hall–Kier alpha value is -7.86. The average Bonchev–Trinajstić information content (AvgIpc) is 3.85. The molecule has 11 aromatic rings. The summed E-state index contributed by atoms with van der Waals surface area (Å²) in [7, 11) is 0. The molecule has 0 saturated heterocycles. The van der Waals surface area contributed by atoms with Crippen LogP contribution in [-0.4, -0.2) is 15.8 Å². The lowest BCUT2D eigenvalue weighted by Crippen LogP contribution is -2.59. The molecular formula is C60H43BN4. The van der Waals surface area contributed by atoms with Gasteiger partial charge in [0.05, 0.1) is 34.8 Å². The zero-order valence-corrected chi connectivity index (χ0v) is 37.3. The topological polar surface area (TPSA) is 38.0 Å². The molecular weight excluding hydrogens is 787 g/mol. The summed E-state index contributed by atoms with van der Waals surface area (Å²) in [4.78, 5) is 3.96. The standard InChI is InChI=1S/C60H43BN4/c1-59(2,3)45-26-38(35-15-9-8-10-16-35)27-46(60(4,5)6)53(45)39-30-51-56-52(31-39)65-50-24-22-40(63-7)32-44(50)55-42-20-14-12-18-37(42)29-48(58(55)65)61(56)47-28-36-17-11-13-19-41(36)54-43-25-34(33-62)21-23-49(43)64(51)57(47)54/h8-32H,1-6H3. The summed E-state index contributed by atoms with van der Waals surface area (Å²) in [5.41, 5.74) is 19.1. The van der Waals surface area contributed by atoms with Crippen LogP contribution >= 0.6 is 0 Å². The van der Waals surface area contributed by atoms with E-state index < -0.39 is 0 Å². The Morgan fingerprint density at radius 3 is 1.58 bits per heavy atom. The SMILES string of the molecule is [C-]#[N+]c1ccc2c(c1)c1c3ccccc3cc3c1n2-c1cc(-c2c(C(C)(C)C)cc(-c4ccccc4)cc2C(C)(C)C)cc2c1B3c1cc3ccccc3c3c4cc(C#N)ccc4n-2c13. The van der Waals surface area contributed by atoms with E-state index in [1.165, 1.54) is 93.1 Å². The van der Waals surface area contributed by atoms with Gasteiger partial charge in [0, 0.05) is 33.1 Å². The number of rotatable bonds is 2. The average molecular weight is 831 g/mol. The number of nitrogens with zero attached hydrogens (tertiary/aromatic N) is 4. The van der Waals surface area contributed by atoms with Crippen LogP contribution in [0.1, 0.15) is 58.2 Å². The van der Waals surface area contributed by atoms with Gasteiger partial charge in [-0.25, -0.2) is 4.85 Å². The summed E-state index contributed by atoms with van der Waals surface area (Å²) < 4.78 is 5.07. The molecule has 0 bridgehead atoms. The van der Waals surface area contributed by atoms with Crippen LogP contribution in [0.5, 0.6) is 0 Å². The third kappa shape index (κ3) is 5.07. The van der Waals surface area contributed by atoms with Crippen LogP contribution in [0.4, 0.5) is 5.69 Å². The van der Waals surface area contributed by atoms with Crippen LogP contribution in [0.3, 0.4) is 0 Å². The normalized spacial score (nSPS) is 13.0. The second-order valence-electron chi connectivity index (χ2n) is 20.3. The Balaban J connectivity index is 1.28. The maximum Gasteiger partial charge on any atom is 0.252 e. The van der Waals surface area contributed by atoms with Gasteiger partial charge in [0.2, 0.25) is 0 Å². The number of nitriles is 1. The summed E-state index contributed by atoms with van der Waals surface area (Å²) in [5, 5.41) is 19.6. The molecule has 65 heavy (non-hydrogen) atoms. The lowest BCUT2D eigenvalue weighted by atomic mass is 9.34. The summed E-state index contributed by atoms with van der Waals surface area (Å²) in [6.45, 7) is 22.1. The zero-order chi connectivity index (χ0) is 44.3. The van der Waals surface area contributed by atoms with Crippen molar-refractivity contribution in [3.8, 4) is 39.7 Å². The van der Waals surface area contributed by atoms with E-state index in [-0.39, 0.29) is 17.5 Å². The molecule has 2 aliphatic heterocycles. The van der Waals surface area contributed by atoms with Crippen LogP contribution in [0.15, 0.2) is 152 Å². The summed E-state index contributed by atoms with van der Waals surface area (Å²) in [6, 6.07) is 58.1. The minimum absolute atomic E-state index is 0.0951. The predicted molar refractivity (Wildman–Crippen MR) is 274 cm³/mol. The lowest BCUT2D eigenvalue weighted by Gasteiger charge is -2.36. The molecule has 5 heteroatoms. The van der Waals surface area contributed by atoms with Gasteiger partial charge < -0.3 is 9.13 Å². The summed E-state index contributed by atoms with van der Waals surface area (Å²) in [5.74, 6) is 0. The van der Waals surface area contributed by atoms with Crippen LogP contribution in [0, 0.1) is 17.9 Å². The first-order chi connectivity index (χ1) is 31.4. The molecule has 0 atom stereocenters. The highest BCUT2D eigenvalue weighted by Crippen LogP contribution is 2.48. The molecule has 0 saturated carbocycles. The molecule has 0 aliphatic carbocycles. The van der Waals surface area contributed by atoms with E-state index in [4.69, 9.17) is 6.57 Å². The molecule has 0 unspecified atom stereocenters. The smallest absolute Gasteiger partial charge is 0.252 e. The third-order valence-corrected chi connectivity index (χ3v) is 14.5. The Morgan fingerprint density at radius 1 is 0.523 bits per heavy atom. The monoisotopic (exact) mass is 830 g/mol. The van der Waals surface area contributed by atoms with Gasteiger partial charge in [0.1, 0.15) is 0 Å². The number of hydrogen-bond acceptors (Lipinski definition) is 1. The van der Waals surface area contributed by atoms with E-state index in [2.05, 4.69) is 201 Å². The third-order valence-electron chi connectivity index (χ3n) is 14.5. The van der Waals surface area contributed by atoms with Crippen molar-refractivity contribution in [2.45, 2.75) is 52.4 Å². The van der Waals surface area contributed by atoms with Crippen molar-refractivity contribution in [3.63, 3.8) is 0 Å². The van der Waals surface area contributed by atoms with E-state index in [0.717, 1.165) is 33.2 Å². The van der Waals surface area contributed by atoms with Crippen LogP contribution < -0.4 is 16.4 Å². The van der Waals surface area contributed by atoms with Crippen molar-refractivity contribution in [1.82, 2.24) is 9.13 Å². The second kappa shape index (κ2) is 12.9. The Kier molecular flexibility index (Phi) is 7.46. The lowest BCUT2D eigenvalue weighted by molar-refractivity contribution is 0.572. The molecule has 0 fully saturated rings. The van der Waals surface area contributed by atoms with Gasteiger partial charge in [-0.1, -0.05) is 139 Å². The fourth-order valence-corrected chi connectivity index (χ4v) is 11.8. The molecule has 4 heterocycles. The van der Waals surface area contributed by atoms with Crippen molar-refractivity contribution < 1.29 is 0 Å². The number of aromatic nitrogens is 2. The molecule has 2 aliphatic rings. The Labute approximate surface area is 378 Å². The zero-order valence-electron chi connectivity index (χ0n) is 37.3. The molecule has 306 valence electrons. The first-order valence-corrected chi connectivity index (χ1v) is 22.6. The van der Waals surface area contributed by atoms with Gasteiger partial charge in [-0.2, -0.15) is 5.26 Å². The minimum Gasteiger partial charge on any atom is -0.310 e. The highest BCUT2D eigenvalue weighted by atomic mass is 15.0. The van der Waals surface area contributed by atoms with E-state index in [1.807, 2.05) is 12.1 Å². The Morgan fingerprint density at radius 2 is 1.05 bits per heavy atom. The van der Waals surface area contributed by atoms with E-state index in [9.17, 15) is 5.26 Å². The molecule has 2 aromatic heterocycles. The minimum atomic E-state index is -0.197. The van der Waals surface area contributed by atoms with Crippen molar-refractivity contribution in [1.29, 1.82) is 5.26 Å². The van der Waals surface area contributed by atoms with E-state index >= 15 is 0 Å². The van der Waals surface area contributed by atoms with E-state index in [1.54, 1.807) is 0 Å². The van der Waals surface area contributed by atoms with E-state index in [0.29, 0.717) is 11.3 Å². The highest BCUT2D eigenvalue weighted by molar-refractivity contribution is 7.00. The fraction of sp³-hybridized carbons (Fsp3) is 0.133. The number of benzene rings is 9. The molecule has 0 spiro atoms. The summed E-state index contributed by atoms with van der Waals surface area (Å²) in [6.07, 6.45) is 0. The number of fused-ring (bicyclic) bond motifs is 14. The van der Waals surface area contributed by atoms with Crippen molar-refractivity contribution in [2.24, 2.45) is 0 Å². The van der Waals surface area contributed by atoms with Crippen molar-refractivity contribution in [2.75, 3.05) is 0 Å². The summed E-state index contributed by atoms with van der Waals surface area (Å²) >= 11 is 0. The molecule has 13 rings (SSSR count). The largest absolute Gasteiger partial charge is 0.310 e. The van der Waals surface area contributed by atoms with Crippen molar-refractivity contribution in [3.05, 3.63) is 180 Å². The van der Waals surface area contributed by atoms with Crippen LogP contribution in [0.2, 0.25) is 0 Å². The van der Waals surface area contributed by atoms with Gasteiger partial charge in [0.15, 0.2) is 5.69 Å². The molecule has 4 nitrogen and oxygen atoms in total. The van der Waals surface area contributed by atoms with Crippen LogP contribution in [-0.2, 0) is 10.8 Å². The first-order valence-electron chi connectivity index (χ1n) is 22.6. The molecule has 9 aromatic carbocycles. The Bertz CT molecular complexity index is 3810. The van der Waals surface area contributed by atoms with Gasteiger partial charge >= 0.3 is 0 Å². The van der Waals surface area contributed by atoms with Gasteiger partial charge in [0.25, 0.3) is 6.71 Å². The quantitative estimate of drug-likeness (QED) is 0.126. The maximum absolute atomic E-state index is 10.3. The van der Waals surface area contributed by atoms with Gasteiger partial charge in [-0.05, 0) is 142 Å². The number of hydrogen-bond donors (Lipinski definition) is 0. The van der Waals surface area contributed by atoms with Gasteiger partial charge in [-0.3, -0.25) is 0 Å². The molecule has 0 radical (unpaired) electrons. The fourth-order valence-electron chi connectivity index (χ4n) is 11.8. The predicted octanol–water partition coefficient (Wildman–Crippen LogP) is 13.7. The van der Waals surface area contributed by atoms with Crippen molar-refractivity contribution >= 4 is 93.9 Å². The van der Waals surface area contributed by atoms with Crippen LogP contribution in [0.25, 0.3) is 104 Å². The van der Waals surface area contributed by atoms with Gasteiger partial charge in [-0.15, -0.1) is 0 Å². The molecule has 0 N–H and O–H groups in total. The first kappa shape index (κ1) is 37.7. The second-order valence-corrected chi connectivity index (χ2v) is 20.3. The maximum atomic E-state index is 10.3.